The van der Waals surface area contributed by atoms with Crippen molar-refractivity contribution in [1.82, 2.24) is 5.32 Å². The standard InChI is InChI=1S/C11H12ClFN2O2/c1-7(12)11(17)14-6-10(16)15-9-4-2-8(13)3-5-9/h2-5,7H,6H2,1H3,(H,14,17)(H,15,16). The van der Waals surface area contributed by atoms with Crippen molar-refractivity contribution in [3.63, 3.8) is 0 Å². The molecule has 17 heavy (non-hydrogen) atoms. The van der Waals surface area contributed by atoms with Crippen molar-refractivity contribution in [2.45, 2.75) is 12.3 Å². The molecular formula is C11H12ClFN2O2. The van der Waals surface area contributed by atoms with E-state index in [1.54, 1.807) is 0 Å². The van der Waals surface area contributed by atoms with Crippen LogP contribution in [0.25, 0.3) is 0 Å². The number of hydrogen-bond acceptors (Lipinski definition) is 2. The summed E-state index contributed by atoms with van der Waals surface area (Å²) >= 11 is 5.50. The highest BCUT2D eigenvalue weighted by atomic mass is 35.5. The monoisotopic (exact) mass is 258 g/mol. The summed E-state index contributed by atoms with van der Waals surface area (Å²) in [6, 6.07) is 5.32. The number of nitrogens with one attached hydrogen (secondary N) is 2. The van der Waals surface area contributed by atoms with Crippen molar-refractivity contribution >= 4 is 29.1 Å². The summed E-state index contributed by atoms with van der Waals surface area (Å²) in [7, 11) is 0. The molecule has 1 rings (SSSR count). The molecule has 0 aliphatic heterocycles. The van der Waals surface area contributed by atoms with Crippen molar-refractivity contribution in [3.8, 4) is 0 Å². The molecule has 0 aromatic heterocycles. The van der Waals surface area contributed by atoms with Gasteiger partial charge < -0.3 is 10.6 Å². The predicted molar refractivity (Wildman–Crippen MR) is 63.4 cm³/mol. The Morgan fingerprint density at radius 1 is 1.35 bits per heavy atom. The van der Waals surface area contributed by atoms with Gasteiger partial charge in [0.1, 0.15) is 11.2 Å². The zero-order valence-corrected chi connectivity index (χ0v) is 9.92. The minimum Gasteiger partial charge on any atom is -0.346 e. The van der Waals surface area contributed by atoms with Crippen LogP contribution in [0.2, 0.25) is 0 Å². The van der Waals surface area contributed by atoms with Gasteiger partial charge in [-0.2, -0.15) is 0 Å². The van der Waals surface area contributed by atoms with Gasteiger partial charge in [-0.05, 0) is 31.2 Å². The number of halogens is 2. The van der Waals surface area contributed by atoms with E-state index in [0.29, 0.717) is 5.69 Å². The van der Waals surface area contributed by atoms with Gasteiger partial charge in [-0.15, -0.1) is 11.6 Å². The lowest BCUT2D eigenvalue weighted by Crippen LogP contribution is -2.36. The SMILES string of the molecule is CC(Cl)C(=O)NCC(=O)Nc1ccc(F)cc1. The van der Waals surface area contributed by atoms with E-state index >= 15 is 0 Å². The number of benzene rings is 1. The maximum atomic E-state index is 12.6. The third-order valence-corrected chi connectivity index (χ3v) is 2.11. The average molecular weight is 259 g/mol. The highest BCUT2D eigenvalue weighted by Crippen LogP contribution is 2.07. The van der Waals surface area contributed by atoms with Crippen molar-refractivity contribution < 1.29 is 14.0 Å². The molecule has 92 valence electrons. The maximum absolute atomic E-state index is 12.6. The summed E-state index contributed by atoms with van der Waals surface area (Å²) in [5, 5.41) is 4.17. The van der Waals surface area contributed by atoms with Gasteiger partial charge in [0.2, 0.25) is 11.8 Å². The highest BCUT2D eigenvalue weighted by Gasteiger charge is 2.10. The lowest BCUT2D eigenvalue weighted by Gasteiger charge is -2.07. The lowest BCUT2D eigenvalue weighted by molar-refractivity contribution is -0.123. The maximum Gasteiger partial charge on any atom is 0.243 e. The summed E-state index contributed by atoms with van der Waals surface area (Å²) in [5.74, 6) is -1.20. The van der Waals surface area contributed by atoms with Crippen LogP contribution in [0.4, 0.5) is 10.1 Å². The first-order valence-corrected chi connectivity index (χ1v) is 5.40. The first kappa shape index (κ1) is 13.4. The number of carbonyl (C=O) groups excluding carboxylic acids is 2. The largest absolute Gasteiger partial charge is 0.346 e. The molecule has 1 unspecified atom stereocenters. The van der Waals surface area contributed by atoms with Gasteiger partial charge in [0.15, 0.2) is 0 Å². The van der Waals surface area contributed by atoms with Gasteiger partial charge >= 0.3 is 0 Å². The van der Waals surface area contributed by atoms with E-state index in [1.807, 2.05) is 0 Å². The van der Waals surface area contributed by atoms with Gasteiger partial charge in [-0.25, -0.2) is 4.39 Å². The van der Waals surface area contributed by atoms with E-state index in [-0.39, 0.29) is 12.4 Å². The third kappa shape index (κ3) is 4.82. The molecule has 2 N–H and O–H groups in total. The van der Waals surface area contributed by atoms with Crippen LogP contribution in [-0.4, -0.2) is 23.7 Å². The fourth-order valence-electron chi connectivity index (χ4n) is 1.05. The Morgan fingerprint density at radius 3 is 2.47 bits per heavy atom. The second-order valence-corrected chi connectivity index (χ2v) is 4.04. The minimum atomic E-state index is -0.686. The average Bonchev–Trinajstić information content (AvgIpc) is 2.29. The van der Waals surface area contributed by atoms with E-state index in [4.69, 9.17) is 11.6 Å². The highest BCUT2D eigenvalue weighted by molar-refractivity contribution is 6.30. The summed E-state index contributed by atoms with van der Waals surface area (Å²) in [5.41, 5.74) is 0.463. The number of amides is 2. The molecule has 0 aliphatic rings. The molecule has 1 aromatic carbocycles. The summed E-state index contributed by atoms with van der Waals surface area (Å²) in [4.78, 5) is 22.4. The van der Waals surface area contributed by atoms with Gasteiger partial charge in [0, 0.05) is 5.69 Å². The Labute approximate surface area is 103 Å². The minimum absolute atomic E-state index is 0.173. The van der Waals surface area contributed by atoms with Crippen LogP contribution < -0.4 is 10.6 Å². The normalized spacial score (nSPS) is 11.7. The molecule has 0 aliphatic carbocycles. The molecule has 4 nitrogen and oxygen atoms in total. The quantitative estimate of drug-likeness (QED) is 0.805. The molecule has 0 fully saturated rings. The number of rotatable bonds is 4. The Balaban J connectivity index is 2.40. The van der Waals surface area contributed by atoms with E-state index in [1.165, 1.54) is 31.2 Å². The molecule has 0 spiro atoms. The summed E-state index contributed by atoms with van der Waals surface area (Å²) < 4.78 is 12.6. The van der Waals surface area contributed by atoms with Crippen molar-refractivity contribution in [1.29, 1.82) is 0 Å². The molecule has 0 bridgehead atoms. The molecule has 0 saturated heterocycles. The van der Waals surface area contributed by atoms with E-state index in [9.17, 15) is 14.0 Å². The van der Waals surface area contributed by atoms with Crippen molar-refractivity contribution in [3.05, 3.63) is 30.1 Å². The van der Waals surface area contributed by atoms with E-state index < -0.39 is 17.2 Å². The zero-order valence-electron chi connectivity index (χ0n) is 9.17. The molecule has 2 amide bonds. The Kier molecular flexibility index (Phi) is 4.90. The van der Waals surface area contributed by atoms with E-state index in [0.717, 1.165) is 0 Å². The number of carbonyl (C=O) groups is 2. The Bertz CT molecular complexity index is 406. The molecule has 6 heteroatoms. The Morgan fingerprint density at radius 2 is 1.94 bits per heavy atom. The van der Waals surface area contributed by atoms with Crippen LogP contribution in [0.5, 0.6) is 0 Å². The molecule has 1 atom stereocenters. The molecular weight excluding hydrogens is 247 g/mol. The first-order chi connectivity index (χ1) is 7.99. The first-order valence-electron chi connectivity index (χ1n) is 4.96. The predicted octanol–water partition coefficient (Wildman–Crippen LogP) is 1.51. The number of anilines is 1. The van der Waals surface area contributed by atoms with Crippen LogP contribution in [0, 0.1) is 5.82 Å². The third-order valence-electron chi connectivity index (χ3n) is 1.91. The summed E-state index contributed by atoms with van der Waals surface area (Å²) in [6.45, 7) is 1.34. The Hall–Kier alpha value is -1.62. The topological polar surface area (TPSA) is 58.2 Å². The van der Waals surface area contributed by atoms with Crippen LogP contribution in [-0.2, 0) is 9.59 Å². The van der Waals surface area contributed by atoms with Gasteiger partial charge in [-0.1, -0.05) is 0 Å². The fraction of sp³-hybridized carbons (Fsp3) is 0.273. The smallest absolute Gasteiger partial charge is 0.243 e. The van der Waals surface area contributed by atoms with Gasteiger partial charge in [0.05, 0.1) is 6.54 Å². The van der Waals surface area contributed by atoms with Crippen LogP contribution >= 0.6 is 11.6 Å². The van der Waals surface area contributed by atoms with Crippen molar-refractivity contribution in [2.75, 3.05) is 11.9 Å². The van der Waals surface area contributed by atoms with Crippen molar-refractivity contribution in [2.24, 2.45) is 0 Å². The second-order valence-electron chi connectivity index (χ2n) is 3.39. The molecule has 0 radical (unpaired) electrons. The molecule has 1 aromatic rings. The number of hydrogen-bond donors (Lipinski definition) is 2. The number of alkyl halides is 1. The van der Waals surface area contributed by atoms with Crippen LogP contribution in [0.1, 0.15) is 6.92 Å². The molecule has 0 saturated carbocycles. The zero-order chi connectivity index (χ0) is 12.8. The lowest BCUT2D eigenvalue weighted by atomic mass is 10.3. The van der Waals surface area contributed by atoms with Crippen LogP contribution in [0.3, 0.4) is 0 Å². The second kappa shape index (κ2) is 6.20. The van der Waals surface area contributed by atoms with Gasteiger partial charge in [-0.3, -0.25) is 9.59 Å². The van der Waals surface area contributed by atoms with Gasteiger partial charge in [0.25, 0.3) is 0 Å². The van der Waals surface area contributed by atoms with E-state index in [2.05, 4.69) is 10.6 Å². The fourth-order valence-corrected chi connectivity index (χ4v) is 1.12. The summed E-state index contributed by atoms with van der Waals surface area (Å²) in [6.07, 6.45) is 0. The molecule has 0 heterocycles. The van der Waals surface area contributed by atoms with Crippen LogP contribution in [0.15, 0.2) is 24.3 Å².